The lowest BCUT2D eigenvalue weighted by atomic mass is 10.1. The number of amides is 1. The van der Waals surface area contributed by atoms with Gasteiger partial charge in [0.15, 0.2) is 0 Å². The van der Waals surface area contributed by atoms with Crippen molar-refractivity contribution < 1.29 is 9.90 Å². The van der Waals surface area contributed by atoms with Crippen molar-refractivity contribution in [2.24, 2.45) is 0 Å². The van der Waals surface area contributed by atoms with Crippen LogP contribution in [0.25, 0.3) is 0 Å². The van der Waals surface area contributed by atoms with Gasteiger partial charge in [-0.1, -0.05) is 15.9 Å². The number of aliphatic hydroxyl groups is 1. The molecule has 1 aromatic rings. The van der Waals surface area contributed by atoms with Gasteiger partial charge in [-0.25, -0.2) is 0 Å². The van der Waals surface area contributed by atoms with Gasteiger partial charge >= 0.3 is 0 Å². The van der Waals surface area contributed by atoms with E-state index in [1.165, 1.54) is 0 Å². The van der Waals surface area contributed by atoms with Gasteiger partial charge in [0.25, 0.3) is 0 Å². The summed E-state index contributed by atoms with van der Waals surface area (Å²) in [6, 6.07) is 5.61. The van der Waals surface area contributed by atoms with Crippen LogP contribution in [0, 0.1) is 6.92 Å². The van der Waals surface area contributed by atoms with Crippen LogP contribution in [0.1, 0.15) is 25.3 Å². The zero-order valence-corrected chi connectivity index (χ0v) is 13.5. The SMILES string of the molecule is Cc1cc(NC(=O)C(C)N2CCC(O)CC2)ccc1Br. The van der Waals surface area contributed by atoms with Gasteiger partial charge in [0.05, 0.1) is 12.1 Å². The van der Waals surface area contributed by atoms with Crippen molar-refractivity contribution in [3.63, 3.8) is 0 Å². The zero-order valence-electron chi connectivity index (χ0n) is 11.9. The minimum atomic E-state index is -0.212. The molecule has 2 rings (SSSR count). The molecule has 110 valence electrons. The van der Waals surface area contributed by atoms with Crippen LogP contribution in [0.3, 0.4) is 0 Å². The molecular formula is C15H21BrN2O2. The lowest BCUT2D eigenvalue weighted by molar-refractivity contribution is -0.121. The monoisotopic (exact) mass is 340 g/mol. The van der Waals surface area contributed by atoms with E-state index in [4.69, 9.17) is 0 Å². The molecule has 0 aliphatic carbocycles. The average Bonchev–Trinajstić information content (AvgIpc) is 2.43. The van der Waals surface area contributed by atoms with Crippen LogP contribution in [0.4, 0.5) is 5.69 Å². The maximum Gasteiger partial charge on any atom is 0.241 e. The molecule has 0 bridgehead atoms. The molecule has 1 aliphatic heterocycles. The molecule has 5 heteroatoms. The van der Waals surface area contributed by atoms with Crippen molar-refractivity contribution in [1.82, 2.24) is 4.90 Å². The molecule has 0 aromatic heterocycles. The molecule has 1 aliphatic rings. The number of hydrogen-bond acceptors (Lipinski definition) is 3. The standard InChI is InChI=1S/C15H21BrN2O2/c1-10-9-12(3-4-14(10)16)17-15(20)11(2)18-7-5-13(19)6-8-18/h3-4,9,11,13,19H,5-8H2,1-2H3,(H,17,20). The van der Waals surface area contributed by atoms with Crippen LogP contribution < -0.4 is 5.32 Å². The van der Waals surface area contributed by atoms with E-state index in [0.717, 1.165) is 41.7 Å². The second-order valence-electron chi connectivity index (χ2n) is 5.40. The van der Waals surface area contributed by atoms with E-state index in [-0.39, 0.29) is 18.1 Å². The summed E-state index contributed by atoms with van der Waals surface area (Å²) in [5.41, 5.74) is 1.91. The number of anilines is 1. The van der Waals surface area contributed by atoms with E-state index in [9.17, 15) is 9.90 Å². The van der Waals surface area contributed by atoms with E-state index in [1.54, 1.807) is 0 Å². The molecule has 1 amide bonds. The van der Waals surface area contributed by atoms with Gasteiger partial charge in [-0.3, -0.25) is 9.69 Å². The molecule has 1 aromatic carbocycles. The maximum absolute atomic E-state index is 12.3. The van der Waals surface area contributed by atoms with Crippen molar-refractivity contribution >= 4 is 27.5 Å². The van der Waals surface area contributed by atoms with Crippen molar-refractivity contribution in [3.8, 4) is 0 Å². The van der Waals surface area contributed by atoms with E-state index in [1.807, 2.05) is 32.0 Å². The Balaban J connectivity index is 1.95. The van der Waals surface area contributed by atoms with Gasteiger partial charge in [0.2, 0.25) is 5.91 Å². The van der Waals surface area contributed by atoms with Crippen LogP contribution in [-0.4, -0.2) is 41.1 Å². The molecule has 1 saturated heterocycles. The number of benzene rings is 1. The number of aliphatic hydroxyl groups excluding tert-OH is 1. The Morgan fingerprint density at radius 2 is 2.10 bits per heavy atom. The molecule has 1 atom stereocenters. The number of hydrogen-bond donors (Lipinski definition) is 2. The summed E-state index contributed by atoms with van der Waals surface area (Å²) < 4.78 is 1.04. The van der Waals surface area contributed by atoms with Gasteiger partial charge in [0, 0.05) is 23.2 Å². The van der Waals surface area contributed by atoms with E-state index < -0.39 is 0 Å². The van der Waals surface area contributed by atoms with Crippen LogP contribution >= 0.6 is 15.9 Å². The summed E-state index contributed by atoms with van der Waals surface area (Å²) in [6.07, 6.45) is 1.28. The summed E-state index contributed by atoms with van der Waals surface area (Å²) in [5, 5.41) is 12.5. The van der Waals surface area contributed by atoms with Crippen molar-refractivity contribution in [1.29, 1.82) is 0 Å². The molecule has 1 fully saturated rings. The van der Waals surface area contributed by atoms with Crippen molar-refractivity contribution in [2.45, 2.75) is 38.8 Å². The highest BCUT2D eigenvalue weighted by molar-refractivity contribution is 9.10. The number of likely N-dealkylation sites (tertiary alicyclic amines) is 1. The highest BCUT2D eigenvalue weighted by Crippen LogP contribution is 2.21. The number of piperidine rings is 1. The number of halogens is 1. The Kier molecular flexibility index (Phi) is 5.18. The Morgan fingerprint density at radius 1 is 1.45 bits per heavy atom. The highest BCUT2D eigenvalue weighted by Gasteiger charge is 2.25. The topological polar surface area (TPSA) is 52.6 Å². The average molecular weight is 341 g/mol. The first-order valence-corrected chi connectivity index (χ1v) is 7.76. The number of carbonyl (C=O) groups is 1. The molecule has 1 unspecified atom stereocenters. The van der Waals surface area contributed by atoms with E-state index in [0.29, 0.717) is 0 Å². The van der Waals surface area contributed by atoms with Gasteiger partial charge in [0.1, 0.15) is 0 Å². The molecule has 20 heavy (non-hydrogen) atoms. The molecular weight excluding hydrogens is 320 g/mol. The highest BCUT2D eigenvalue weighted by atomic mass is 79.9. The van der Waals surface area contributed by atoms with E-state index >= 15 is 0 Å². The normalized spacial score (nSPS) is 18.8. The third-order valence-corrected chi connectivity index (χ3v) is 4.74. The molecule has 0 spiro atoms. The fraction of sp³-hybridized carbons (Fsp3) is 0.533. The molecule has 0 radical (unpaired) electrons. The first-order valence-electron chi connectivity index (χ1n) is 6.96. The Labute approximate surface area is 128 Å². The predicted molar refractivity (Wildman–Crippen MR) is 83.8 cm³/mol. The molecule has 1 heterocycles. The second-order valence-corrected chi connectivity index (χ2v) is 6.25. The first-order chi connectivity index (χ1) is 9.47. The third kappa shape index (κ3) is 3.81. The van der Waals surface area contributed by atoms with Gasteiger partial charge in [-0.2, -0.15) is 0 Å². The second kappa shape index (κ2) is 6.70. The van der Waals surface area contributed by atoms with Crippen LogP contribution in [-0.2, 0) is 4.79 Å². The van der Waals surface area contributed by atoms with Crippen LogP contribution in [0.15, 0.2) is 22.7 Å². The predicted octanol–water partition coefficient (Wildman–Crippen LogP) is 2.54. The van der Waals surface area contributed by atoms with Gasteiger partial charge in [-0.15, -0.1) is 0 Å². The molecule has 2 N–H and O–H groups in total. The van der Waals surface area contributed by atoms with Gasteiger partial charge in [-0.05, 0) is 50.5 Å². The fourth-order valence-corrected chi connectivity index (χ4v) is 2.65. The number of carbonyl (C=O) groups excluding carboxylic acids is 1. The Hall–Kier alpha value is -0.910. The summed E-state index contributed by atoms with van der Waals surface area (Å²) >= 11 is 3.45. The Morgan fingerprint density at radius 3 is 2.70 bits per heavy atom. The third-order valence-electron chi connectivity index (χ3n) is 3.85. The number of nitrogens with one attached hydrogen (secondary N) is 1. The van der Waals surface area contributed by atoms with Gasteiger partial charge < -0.3 is 10.4 Å². The minimum absolute atomic E-state index is 0.00288. The zero-order chi connectivity index (χ0) is 14.7. The maximum atomic E-state index is 12.3. The van der Waals surface area contributed by atoms with Crippen molar-refractivity contribution in [2.75, 3.05) is 18.4 Å². The molecule has 4 nitrogen and oxygen atoms in total. The molecule has 0 saturated carbocycles. The number of rotatable bonds is 3. The number of aryl methyl sites for hydroxylation is 1. The van der Waals surface area contributed by atoms with Crippen LogP contribution in [0.2, 0.25) is 0 Å². The first kappa shape index (κ1) is 15.5. The quantitative estimate of drug-likeness (QED) is 0.888. The van der Waals surface area contributed by atoms with Crippen molar-refractivity contribution in [3.05, 3.63) is 28.2 Å². The van der Waals surface area contributed by atoms with Crippen LogP contribution in [0.5, 0.6) is 0 Å². The minimum Gasteiger partial charge on any atom is -0.393 e. The summed E-state index contributed by atoms with van der Waals surface area (Å²) in [4.78, 5) is 14.4. The van der Waals surface area contributed by atoms with E-state index in [2.05, 4.69) is 26.1 Å². The fourth-order valence-electron chi connectivity index (χ4n) is 2.41. The summed E-state index contributed by atoms with van der Waals surface area (Å²) in [6.45, 7) is 5.46. The number of nitrogens with zero attached hydrogens (tertiary/aromatic N) is 1. The summed E-state index contributed by atoms with van der Waals surface area (Å²) in [5.74, 6) is 0.00288. The smallest absolute Gasteiger partial charge is 0.241 e. The lowest BCUT2D eigenvalue weighted by Crippen LogP contribution is -2.47. The largest absolute Gasteiger partial charge is 0.393 e. The lowest BCUT2D eigenvalue weighted by Gasteiger charge is -2.33. The Bertz CT molecular complexity index is 485. The summed E-state index contributed by atoms with van der Waals surface area (Å²) in [7, 11) is 0.